The highest BCUT2D eigenvalue weighted by atomic mass is 16.4. The monoisotopic (exact) mass is 240 g/mol. The smallest absolute Gasteiger partial charge is 0.329 e. The van der Waals surface area contributed by atoms with Gasteiger partial charge in [0.2, 0.25) is 0 Å². The number of carboxylic acid groups (broad SMARTS) is 1. The van der Waals surface area contributed by atoms with Gasteiger partial charge >= 0.3 is 12.0 Å². The zero-order valence-electron chi connectivity index (χ0n) is 10.3. The highest BCUT2D eigenvalue weighted by molar-refractivity contribution is 5.86. The molecule has 0 aromatic rings. The van der Waals surface area contributed by atoms with Gasteiger partial charge in [-0.05, 0) is 51.4 Å². The predicted molar refractivity (Wildman–Crippen MR) is 62.6 cm³/mol. The Morgan fingerprint density at radius 1 is 1.29 bits per heavy atom. The van der Waals surface area contributed by atoms with Crippen molar-refractivity contribution in [1.29, 1.82) is 0 Å². The van der Waals surface area contributed by atoms with Crippen LogP contribution in [0.15, 0.2) is 0 Å². The molecule has 0 bridgehead atoms. The molecule has 2 saturated carbocycles. The van der Waals surface area contributed by atoms with Crippen molar-refractivity contribution in [2.24, 2.45) is 11.8 Å². The first-order valence-electron chi connectivity index (χ1n) is 6.25. The number of hydrogen-bond donors (Lipinski definition) is 3. The van der Waals surface area contributed by atoms with Gasteiger partial charge in [-0.2, -0.15) is 0 Å². The minimum atomic E-state index is -1.12. The van der Waals surface area contributed by atoms with Gasteiger partial charge in [0.05, 0.1) is 0 Å². The van der Waals surface area contributed by atoms with Crippen LogP contribution in [-0.4, -0.2) is 28.7 Å². The van der Waals surface area contributed by atoms with E-state index in [4.69, 9.17) is 0 Å². The van der Waals surface area contributed by atoms with Crippen molar-refractivity contribution in [3.8, 4) is 0 Å². The lowest BCUT2D eigenvalue weighted by molar-refractivity contribution is -0.144. The Bertz CT molecular complexity index is 337. The van der Waals surface area contributed by atoms with Crippen molar-refractivity contribution in [2.75, 3.05) is 0 Å². The van der Waals surface area contributed by atoms with E-state index in [9.17, 15) is 14.7 Å². The van der Waals surface area contributed by atoms with E-state index in [1.54, 1.807) is 6.92 Å². The number of amides is 2. The maximum Gasteiger partial charge on any atom is 0.329 e. The van der Waals surface area contributed by atoms with Crippen LogP contribution in [0, 0.1) is 11.8 Å². The van der Waals surface area contributed by atoms with Crippen LogP contribution in [0.5, 0.6) is 0 Å². The van der Waals surface area contributed by atoms with Crippen LogP contribution in [-0.2, 0) is 4.79 Å². The molecular formula is C12H20N2O3. The highest BCUT2D eigenvalue weighted by Crippen LogP contribution is 2.39. The molecule has 5 heteroatoms. The molecule has 2 unspecified atom stereocenters. The number of nitrogens with one attached hydrogen (secondary N) is 2. The standard InChI is InChI=1S/C12H20N2O3/c1-7(8-3-4-8)13-11(17)14-12(2,10(15)16)9-5-6-9/h7-9H,3-6H2,1-2H3,(H,15,16)(H2,13,14,17). The summed E-state index contributed by atoms with van der Waals surface area (Å²) in [6, 6.07) is -0.228. The van der Waals surface area contributed by atoms with Gasteiger partial charge in [0.1, 0.15) is 5.54 Å². The van der Waals surface area contributed by atoms with Gasteiger partial charge in [-0.25, -0.2) is 9.59 Å². The molecule has 0 aromatic heterocycles. The van der Waals surface area contributed by atoms with Crippen LogP contribution in [0.3, 0.4) is 0 Å². The molecule has 2 fully saturated rings. The molecule has 0 saturated heterocycles. The Kier molecular flexibility index (Phi) is 3.02. The highest BCUT2D eigenvalue weighted by Gasteiger charge is 2.48. The molecule has 0 radical (unpaired) electrons. The zero-order valence-corrected chi connectivity index (χ0v) is 10.3. The van der Waals surface area contributed by atoms with Gasteiger partial charge in [0.25, 0.3) is 0 Å². The summed E-state index contributed by atoms with van der Waals surface area (Å²) in [6.07, 6.45) is 4.06. The van der Waals surface area contributed by atoms with Crippen molar-refractivity contribution >= 4 is 12.0 Å². The van der Waals surface area contributed by atoms with E-state index in [1.807, 2.05) is 6.92 Å². The second-order valence-electron chi connectivity index (χ2n) is 5.51. The quantitative estimate of drug-likeness (QED) is 0.678. The summed E-state index contributed by atoms with van der Waals surface area (Å²) in [5.41, 5.74) is -1.12. The molecule has 0 aliphatic heterocycles. The average Bonchev–Trinajstić information content (AvgIpc) is 3.07. The third-order valence-corrected chi connectivity index (χ3v) is 3.90. The predicted octanol–water partition coefficient (Wildman–Crippen LogP) is 1.34. The topological polar surface area (TPSA) is 78.4 Å². The maximum absolute atomic E-state index is 11.8. The lowest BCUT2D eigenvalue weighted by Crippen LogP contribution is -2.57. The number of carbonyl (C=O) groups is 2. The second kappa shape index (κ2) is 4.20. The lowest BCUT2D eigenvalue weighted by Gasteiger charge is -2.27. The van der Waals surface area contributed by atoms with E-state index in [-0.39, 0.29) is 18.0 Å². The number of urea groups is 1. The Balaban J connectivity index is 1.88. The van der Waals surface area contributed by atoms with Crippen molar-refractivity contribution in [3.05, 3.63) is 0 Å². The van der Waals surface area contributed by atoms with Crippen LogP contribution < -0.4 is 10.6 Å². The molecule has 2 aliphatic rings. The van der Waals surface area contributed by atoms with E-state index in [0.717, 1.165) is 25.7 Å². The molecule has 0 spiro atoms. The summed E-state index contributed by atoms with van der Waals surface area (Å²) in [6.45, 7) is 3.56. The van der Waals surface area contributed by atoms with E-state index >= 15 is 0 Å². The molecule has 17 heavy (non-hydrogen) atoms. The SMILES string of the molecule is CC(NC(=O)NC(C)(C(=O)O)C1CC1)C1CC1. The van der Waals surface area contributed by atoms with Crippen LogP contribution >= 0.6 is 0 Å². The van der Waals surface area contributed by atoms with Crippen molar-refractivity contribution in [3.63, 3.8) is 0 Å². The van der Waals surface area contributed by atoms with E-state index < -0.39 is 11.5 Å². The molecule has 2 amide bonds. The van der Waals surface area contributed by atoms with Gasteiger partial charge in [-0.1, -0.05) is 0 Å². The number of aliphatic carboxylic acids is 1. The van der Waals surface area contributed by atoms with Gasteiger partial charge in [0.15, 0.2) is 0 Å². The zero-order chi connectivity index (χ0) is 12.6. The fraction of sp³-hybridized carbons (Fsp3) is 0.833. The molecule has 5 nitrogen and oxygen atoms in total. The average molecular weight is 240 g/mol. The molecule has 0 aromatic carbocycles. The largest absolute Gasteiger partial charge is 0.480 e. The fourth-order valence-corrected chi connectivity index (χ4v) is 2.18. The first-order valence-corrected chi connectivity index (χ1v) is 6.25. The van der Waals surface area contributed by atoms with Gasteiger partial charge in [-0.15, -0.1) is 0 Å². The summed E-state index contributed by atoms with van der Waals surface area (Å²) in [7, 11) is 0. The number of hydrogen-bond acceptors (Lipinski definition) is 2. The Hall–Kier alpha value is -1.26. The lowest BCUT2D eigenvalue weighted by atomic mass is 9.96. The number of carboxylic acids is 1. The Morgan fingerprint density at radius 2 is 1.88 bits per heavy atom. The molecule has 2 aliphatic carbocycles. The Labute approximate surface area is 101 Å². The van der Waals surface area contributed by atoms with E-state index in [1.165, 1.54) is 0 Å². The number of carbonyl (C=O) groups excluding carboxylic acids is 1. The minimum absolute atomic E-state index is 0.0713. The van der Waals surface area contributed by atoms with Crippen LogP contribution in [0.1, 0.15) is 39.5 Å². The summed E-state index contributed by atoms with van der Waals surface area (Å²) in [5.74, 6) is -0.311. The molecular weight excluding hydrogens is 220 g/mol. The molecule has 0 heterocycles. The van der Waals surface area contributed by atoms with E-state index in [2.05, 4.69) is 10.6 Å². The van der Waals surface area contributed by atoms with E-state index in [0.29, 0.717) is 5.92 Å². The normalized spacial score (nSPS) is 24.6. The molecule has 2 rings (SSSR count). The summed E-state index contributed by atoms with van der Waals surface area (Å²) < 4.78 is 0. The summed E-state index contributed by atoms with van der Waals surface area (Å²) >= 11 is 0. The second-order valence-corrected chi connectivity index (χ2v) is 5.51. The summed E-state index contributed by atoms with van der Waals surface area (Å²) in [4.78, 5) is 23.0. The van der Waals surface area contributed by atoms with Crippen LogP contribution in [0.2, 0.25) is 0 Å². The van der Waals surface area contributed by atoms with Gasteiger partial charge < -0.3 is 15.7 Å². The van der Waals surface area contributed by atoms with Crippen LogP contribution in [0.25, 0.3) is 0 Å². The van der Waals surface area contributed by atoms with Gasteiger partial charge in [-0.3, -0.25) is 0 Å². The first kappa shape index (κ1) is 12.2. The van der Waals surface area contributed by atoms with Crippen molar-refractivity contribution in [2.45, 2.75) is 51.1 Å². The fourth-order valence-electron chi connectivity index (χ4n) is 2.18. The molecule has 3 N–H and O–H groups in total. The molecule has 96 valence electrons. The van der Waals surface area contributed by atoms with Crippen molar-refractivity contribution in [1.82, 2.24) is 10.6 Å². The minimum Gasteiger partial charge on any atom is -0.480 e. The van der Waals surface area contributed by atoms with Gasteiger partial charge in [0, 0.05) is 6.04 Å². The first-order chi connectivity index (χ1) is 7.93. The summed E-state index contributed by atoms with van der Waals surface area (Å²) in [5, 5.41) is 14.6. The third-order valence-electron chi connectivity index (χ3n) is 3.90. The third kappa shape index (κ3) is 2.70. The Morgan fingerprint density at radius 3 is 2.29 bits per heavy atom. The molecule has 2 atom stereocenters. The number of rotatable bonds is 5. The maximum atomic E-state index is 11.8. The van der Waals surface area contributed by atoms with Crippen LogP contribution in [0.4, 0.5) is 4.79 Å². The van der Waals surface area contributed by atoms with Crippen molar-refractivity contribution < 1.29 is 14.7 Å².